The molecule has 2 fully saturated rings. The van der Waals surface area contributed by atoms with Crippen molar-refractivity contribution in [2.24, 2.45) is 0 Å². The average Bonchev–Trinajstić information content (AvgIpc) is 3.20. The van der Waals surface area contributed by atoms with E-state index in [0.29, 0.717) is 51.1 Å². The first-order valence-corrected chi connectivity index (χ1v) is 9.84. The van der Waals surface area contributed by atoms with Gasteiger partial charge in [0.15, 0.2) is 5.82 Å². The van der Waals surface area contributed by atoms with E-state index in [-0.39, 0.29) is 11.5 Å². The number of anilines is 1. The Balaban J connectivity index is 1.58. The highest BCUT2D eigenvalue weighted by atomic mass is 16.5. The van der Waals surface area contributed by atoms with Crippen molar-refractivity contribution in [3.63, 3.8) is 0 Å². The number of aryl methyl sites for hydroxylation is 1. The SMILES string of the molecule is O=C(CCn1c(=O)c(N2CCOCC2)nc2ccccc21)NC1CCCC1. The van der Waals surface area contributed by atoms with E-state index < -0.39 is 0 Å². The van der Waals surface area contributed by atoms with Crippen LogP contribution in [0.1, 0.15) is 32.1 Å². The number of para-hydroxylation sites is 2. The molecule has 27 heavy (non-hydrogen) atoms. The highest BCUT2D eigenvalue weighted by Gasteiger charge is 2.20. The lowest BCUT2D eigenvalue weighted by molar-refractivity contribution is -0.121. The Bertz CT molecular complexity index is 867. The number of carbonyl (C=O) groups excluding carboxylic acids is 1. The number of fused-ring (bicyclic) bond motifs is 1. The molecule has 7 heteroatoms. The molecule has 0 bridgehead atoms. The molecule has 1 saturated heterocycles. The minimum Gasteiger partial charge on any atom is -0.378 e. The largest absolute Gasteiger partial charge is 0.378 e. The quantitative estimate of drug-likeness (QED) is 0.867. The molecule has 2 aromatic rings. The number of hydrogen-bond acceptors (Lipinski definition) is 5. The predicted molar refractivity (Wildman–Crippen MR) is 104 cm³/mol. The lowest BCUT2D eigenvalue weighted by Gasteiger charge is -2.28. The van der Waals surface area contributed by atoms with Crippen LogP contribution in [0.3, 0.4) is 0 Å². The number of aromatic nitrogens is 2. The summed E-state index contributed by atoms with van der Waals surface area (Å²) in [5.74, 6) is 0.468. The fraction of sp³-hybridized carbons (Fsp3) is 0.550. The summed E-state index contributed by atoms with van der Waals surface area (Å²) in [5.41, 5.74) is 1.41. The van der Waals surface area contributed by atoms with Crippen molar-refractivity contribution in [3.8, 4) is 0 Å². The Hall–Kier alpha value is -2.41. The molecular formula is C20H26N4O3. The lowest BCUT2D eigenvalue weighted by atomic mass is 10.2. The molecule has 4 rings (SSSR count). The van der Waals surface area contributed by atoms with Gasteiger partial charge in [-0.25, -0.2) is 4.98 Å². The van der Waals surface area contributed by atoms with Crippen LogP contribution in [0.15, 0.2) is 29.1 Å². The molecule has 0 spiro atoms. The van der Waals surface area contributed by atoms with Crippen molar-refractivity contribution < 1.29 is 9.53 Å². The minimum atomic E-state index is -0.135. The van der Waals surface area contributed by atoms with Gasteiger partial charge in [-0.1, -0.05) is 25.0 Å². The fourth-order valence-electron chi connectivity index (χ4n) is 3.97. The third-order valence-corrected chi connectivity index (χ3v) is 5.43. The number of hydrogen-bond donors (Lipinski definition) is 1. The molecule has 1 aromatic carbocycles. The maximum absolute atomic E-state index is 13.1. The molecule has 1 aliphatic heterocycles. The summed E-state index contributed by atoms with van der Waals surface area (Å²) >= 11 is 0. The first kappa shape index (κ1) is 18.0. The van der Waals surface area contributed by atoms with Crippen LogP contribution >= 0.6 is 0 Å². The Kier molecular flexibility index (Phi) is 5.38. The van der Waals surface area contributed by atoms with Gasteiger partial charge in [-0.3, -0.25) is 9.59 Å². The monoisotopic (exact) mass is 370 g/mol. The molecule has 144 valence electrons. The van der Waals surface area contributed by atoms with Crippen LogP contribution in [0.2, 0.25) is 0 Å². The van der Waals surface area contributed by atoms with Gasteiger partial charge < -0.3 is 19.5 Å². The van der Waals surface area contributed by atoms with Crippen LogP contribution in [-0.2, 0) is 16.1 Å². The normalized spacial score (nSPS) is 18.1. The van der Waals surface area contributed by atoms with Gasteiger partial charge in [0.25, 0.3) is 5.56 Å². The lowest BCUT2D eigenvalue weighted by Crippen LogP contribution is -2.41. The van der Waals surface area contributed by atoms with Crippen LogP contribution in [0.4, 0.5) is 5.82 Å². The Morgan fingerprint density at radius 2 is 1.93 bits per heavy atom. The summed E-state index contributed by atoms with van der Waals surface area (Å²) in [7, 11) is 0. The maximum atomic E-state index is 13.1. The fourth-order valence-corrected chi connectivity index (χ4v) is 3.97. The minimum absolute atomic E-state index is 0.0163. The third-order valence-electron chi connectivity index (χ3n) is 5.43. The van der Waals surface area contributed by atoms with Gasteiger partial charge in [0.2, 0.25) is 5.91 Å². The number of benzene rings is 1. The van der Waals surface area contributed by atoms with E-state index in [1.165, 1.54) is 12.8 Å². The van der Waals surface area contributed by atoms with E-state index in [1.54, 1.807) is 4.57 Å². The number of rotatable bonds is 5. The van der Waals surface area contributed by atoms with E-state index in [9.17, 15) is 9.59 Å². The summed E-state index contributed by atoms with van der Waals surface area (Å²) in [4.78, 5) is 32.0. The van der Waals surface area contributed by atoms with Gasteiger partial charge >= 0.3 is 0 Å². The topological polar surface area (TPSA) is 76.5 Å². The predicted octanol–water partition coefficient (Wildman–Crippen LogP) is 1.68. The second kappa shape index (κ2) is 8.08. The number of carbonyl (C=O) groups is 1. The van der Waals surface area contributed by atoms with Crippen molar-refractivity contribution in [2.45, 2.75) is 44.7 Å². The molecule has 1 aliphatic carbocycles. The summed E-state index contributed by atoms with van der Waals surface area (Å²) in [6.45, 7) is 2.86. The van der Waals surface area contributed by atoms with E-state index in [1.807, 2.05) is 29.2 Å². The van der Waals surface area contributed by atoms with E-state index in [4.69, 9.17) is 4.74 Å². The van der Waals surface area contributed by atoms with Gasteiger partial charge in [-0.2, -0.15) is 0 Å². The molecule has 2 heterocycles. The number of nitrogens with one attached hydrogen (secondary N) is 1. The number of morpholine rings is 1. The van der Waals surface area contributed by atoms with Crippen LogP contribution in [-0.4, -0.2) is 47.8 Å². The van der Waals surface area contributed by atoms with Crippen LogP contribution in [0.25, 0.3) is 11.0 Å². The Labute approximate surface area is 158 Å². The summed E-state index contributed by atoms with van der Waals surface area (Å²) in [6, 6.07) is 7.91. The molecule has 0 atom stereocenters. The molecule has 0 unspecified atom stereocenters. The molecule has 0 radical (unpaired) electrons. The average molecular weight is 370 g/mol. The summed E-state index contributed by atoms with van der Waals surface area (Å²) < 4.78 is 7.09. The highest BCUT2D eigenvalue weighted by Crippen LogP contribution is 2.18. The van der Waals surface area contributed by atoms with E-state index in [2.05, 4.69) is 10.3 Å². The van der Waals surface area contributed by atoms with Crippen LogP contribution in [0.5, 0.6) is 0 Å². The van der Waals surface area contributed by atoms with Crippen molar-refractivity contribution in [3.05, 3.63) is 34.6 Å². The number of nitrogens with zero attached hydrogens (tertiary/aromatic N) is 3. The van der Waals surface area contributed by atoms with Gasteiger partial charge in [-0.05, 0) is 25.0 Å². The van der Waals surface area contributed by atoms with E-state index >= 15 is 0 Å². The van der Waals surface area contributed by atoms with Crippen LogP contribution < -0.4 is 15.8 Å². The maximum Gasteiger partial charge on any atom is 0.294 e. The molecule has 1 N–H and O–H groups in total. The molecule has 2 aliphatic rings. The summed E-state index contributed by atoms with van der Waals surface area (Å²) in [6.07, 6.45) is 4.79. The second-order valence-corrected chi connectivity index (χ2v) is 7.28. The van der Waals surface area contributed by atoms with Gasteiger partial charge in [0.05, 0.1) is 24.2 Å². The molecule has 1 amide bonds. The van der Waals surface area contributed by atoms with Crippen molar-refractivity contribution in [1.82, 2.24) is 14.9 Å². The van der Waals surface area contributed by atoms with Crippen molar-refractivity contribution in [1.29, 1.82) is 0 Å². The van der Waals surface area contributed by atoms with Gasteiger partial charge in [0, 0.05) is 32.1 Å². The summed E-state index contributed by atoms with van der Waals surface area (Å²) in [5, 5.41) is 3.10. The zero-order chi connectivity index (χ0) is 18.6. The third kappa shape index (κ3) is 3.98. The van der Waals surface area contributed by atoms with Crippen LogP contribution in [0, 0.1) is 0 Å². The van der Waals surface area contributed by atoms with Crippen molar-refractivity contribution >= 4 is 22.8 Å². The Morgan fingerprint density at radius 3 is 2.70 bits per heavy atom. The molecule has 1 saturated carbocycles. The zero-order valence-corrected chi connectivity index (χ0v) is 15.5. The van der Waals surface area contributed by atoms with Gasteiger partial charge in [-0.15, -0.1) is 0 Å². The second-order valence-electron chi connectivity index (χ2n) is 7.28. The molecule has 1 aromatic heterocycles. The smallest absolute Gasteiger partial charge is 0.294 e. The first-order chi connectivity index (χ1) is 13.2. The van der Waals surface area contributed by atoms with Crippen molar-refractivity contribution in [2.75, 3.05) is 31.2 Å². The van der Waals surface area contributed by atoms with E-state index in [0.717, 1.165) is 23.9 Å². The standard InChI is InChI=1S/C20H26N4O3/c25-18(21-15-5-1-2-6-15)9-10-24-17-8-4-3-7-16(17)22-19(20(24)26)23-11-13-27-14-12-23/h3-4,7-8,15H,1-2,5-6,9-14H2,(H,21,25). The van der Waals surface area contributed by atoms with Gasteiger partial charge in [0.1, 0.15) is 0 Å². The number of amides is 1. The number of ether oxygens (including phenoxy) is 1. The molecular weight excluding hydrogens is 344 g/mol. The molecule has 7 nitrogen and oxygen atoms in total. The Morgan fingerprint density at radius 1 is 1.19 bits per heavy atom. The first-order valence-electron chi connectivity index (χ1n) is 9.84. The highest BCUT2D eigenvalue weighted by molar-refractivity contribution is 5.78. The zero-order valence-electron chi connectivity index (χ0n) is 15.5.